The first kappa shape index (κ1) is 15.1. The van der Waals surface area contributed by atoms with Gasteiger partial charge in [-0.05, 0) is 19.1 Å². The monoisotopic (exact) mass is 266 g/mol. The fourth-order valence-electron chi connectivity index (χ4n) is 1.34. The van der Waals surface area contributed by atoms with Crippen molar-refractivity contribution < 1.29 is 19.2 Å². The van der Waals surface area contributed by atoms with Crippen LogP contribution in [0.4, 0.5) is 0 Å². The molecular formula is C13H18N2O4. The first-order valence-electron chi connectivity index (χ1n) is 5.88. The Morgan fingerprint density at radius 1 is 1.26 bits per heavy atom. The Hall–Kier alpha value is -1.92. The van der Waals surface area contributed by atoms with Crippen LogP contribution in [0.2, 0.25) is 0 Å². The number of carbonyl (C=O) groups is 2. The third kappa shape index (κ3) is 5.98. The second-order valence-corrected chi connectivity index (χ2v) is 3.92. The topological polar surface area (TPSA) is 76.7 Å². The van der Waals surface area contributed by atoms with E-state index in [0.29, 0.717) is 12.2 Å². The molecule has 0 spiro atoms. The largest absolute Gasteiger partial charge is 0.382 e. The Labute approximate surface area is 112 Å². The van der Waals surface area contributed by atoms with Crippen molar-refractivity contribution in [2.45, 2.75) is 6.92 Å². The van der Waals surface area contributed by atoms with Crippen LogP contribution in [0.3, 0.4) is 0 Å². The molecule has 1 aromatic carbocycles. The van der Waals surface area contributed by atoms with Gasteiger partial charge in [0.05, 0.1) is 19.8 Å². The average molecular weight is 266 g/mol. The number of hydrogen-bond acceptors (Lipinski definition) is 4. The number of ether oxygens (including phenoxy) is 1. The molecule has 0 saturated carbocycles. The van der Waals surface area contributed by atoms with Gasteiger partial charge in [-0.3, -0.25) is 14.4 Å². The average Bonchev–Trinajstić information content (AvgIpc) is 2.41. The molecular weight excluding hydrogens is 248 g/mol. The lowest BCUT2D eigenvalue weighted by Crippen LogP contribution is -2.37. The van der Waals surface area contributed by atoms with Crippen LogP contribution in [-0.2, 0) is 14.4 Å². The van der Waals surface area contributed by atoms with Crippen molar-refractivity contribution in [1.82, 2.24) is 10.8 Å². The molecule has 0 aliphatic heterocycles. The highest BCUT2D eigenvalue weighted by Gasteiger charge is 2.07. The second-order valence-electron chi connectivity index (χ2n) is 3.92. The number of nitrogens with one attached hydrogen (secondary N) is 2. The van der Waals surface area contributed by atoms with Gasteiger partial charge in [-0.15, -0.1) is 0 Å². The van der Waals surface area contributed by atoms with E-state index in [0.717, 1.165) is 5.56 Å². The molecule has 0 bridgehead atoms. The summed E-state index contributed by atoms with van der Waals surface area (Å²) in [5, 5.41) is 2.50. The molecule has 0 aromatic heterocycles. The molecule has 0 aliphatic rings. The van der Waals surface area contributed by atoms with E-state index in [1.807, 2.05) is 13.0 Å². The van der Waals surface area contributed by atoms with Crippen molar-refractivity contribution in [3.8, 4) is 0 Å². The Morgan fingerprint density at radius 2 is 2.05 bits per heavy atom. The molecule has 0 saturated heterocycles. The summed E-state index contributed by atoms with van der Waals surface area (Å²) < 4.78 is 4.74. The molecule has 2 amide bonds. The van der Waals surface area contributed by atoms with E-state index < -0.39 is 5.91 Å². The van der Waals surface area contributed by atoms with Crippen LogP contribution < -0.4 is 10.8 Å². The molecule has 0 radical (unpaired) electrons. The van der Waals surface area contributed by atoms with Crippen LogP contribution in [0, 0.1) is 6.92 Å². The van der Waals surface area contributed by atoms with Crippen LogP contribution in [0.5, 0.6) is 0 Å². The van der Waals surface area contributed by atoms with Gasteiger partial charge in [0.1, 0.15) is 0 Å². The van der Waals surface area contributed by atoms with E-state index in [4.69, 9.17) is 9.57 Å². The molecule has 0 atom stereocenters. The predicted octanol–water partition coefficient (Wildman–Crippen LogP) is 0.419. The zero-order valence-corrected chi connectivity index (χ0v) is 11.1. The van der Waals surface area contributed by atoms with Gasteiger partial charge in [-0.1, -0.05) is 17.7 Å². The molecule has 19 heavy (non-hydrogen) atoms. The maximum atomic E-state index is 11.7. The first-order valence-corrected chi connectivity index (χ1v) is 5.88. The van der Waals surface area contributed by atoms with Gasteiger partial charge in [0.2, 0.25) is 0 Å². The van der Waals surface area contributed by atoms with E-state index in [1.165, 1.54) is 7.11 Å². The van der Waals surface area contributed by atoms with Crippen molar-refractivity contribution in [3.63, 3.8) is 0 Å². The van der Waals surface area contributed by atoms with Gasteiger partial charge < -0.3 is 10.1 Å². The van der Waals surface area contributed by atoms with Crippen LogP contribution in [0.15, 0.2) is 24.3 Å². The lowest BCUT2D eigenvalue weighted by Gasteiger charge is -2.07. The zero-order valence-electron chi connectivity index (χ0n) is 11.1. The van der Waals surface area contributed by atoms with Gasteiger partial charge >= 0.3 is 0 Å². The Balaban J connectivity index is 2.28. The summed E-state index contributed by atoms with van der Waals surface area (Å²) in [6, 6.07) is 7.13. The number of rotatable bonds is 7. The quantitative estimate of drug-likeness (QED) is 0.554. The van der Waals surface area contributed by atoms with Gasteiger partial charge in [0.25, 0.3) is 11.8 Å². The summed E-state index contributed by atoms with van der Waals surface area (Å²) in [5.74, 6) is -0.715. The Morgan fingerprint density at radius 3 is 2.74 bits per heavy atom. The number of hydroxylamine groups is 1. The van der Waals surface area contributed by atoms with Gasteiger partial charge in [-0.25, -0.2) is 5.48 Å². The summed E-state index contributed by atoms with van der Waals surface area (Å²) in [4.78, 5) is 27.9. The summed E-state index contributed by atoms with van der Waals surface area (Å²) in [5.41, 5.74) is 3.71. The summed E-state index contributed by atoms with van der Waals surface area (Å²) in [6.45, 7) is 2.40. The predicted molar refractivity (Wildman–Crippen MR) is 69.5 cm³/mol. The smallest absolute Gasteiger partial charge is 0.262 e. The van der Waals surface area contributed by atoms with Gasteiger partial charge in [0.15, 0.2) is 0 Å². The van der Waals surface area contributed by atoms with E-state index in [9.17, 15) is 9.59 Å². The zero-order chi connectivity index (χ0) is 14.1. The second kappa shape index (κ2) is 8.23. The van der Waals surface area contributed by atoms with Gasteiger partial charge in [-0.2, -0.15) is 0 Å². The normalized spacial score (nSPS) is 10.0. The van der Waals surface area contributed by atoms with Crippen LogP contribution in [-0.4, -0.2) is 38.7 Å². The maximum Gasteiger partial charge on any atom is 0.262 e. The molecule has 1 rings (SSSR count). The number of hydrogen-bond donors (Lipinski definition) is 2. The first-order chi connectivity index (χ1) is 9.13. The van der Waals surface area contributed by atoms with Crippen molar-refractivity contribution in [3.05, 3.63) is 35.4 Å². The lowest BCUT2D eigenvalue weighted by molar-refractivity contribution is -0.133. The number of amides is 2. The number of carbonyl (C=O) groups excluding carboxylic acids is 2. The maximum absolute atomic E-state index is 11.7. The lowest BCUT2D eigenvalue weighted by atomic mass is 10.1. The van der Waals surface area contributed by atoms with Crippen LogP contribution >= 0.6 is 0 Å². The molecule has 2 N–H and O–H groups in total. The summed E-state index contributed by atoms with van der Waals surface area (Å²) in [7, 11) is 1.53. The molecule has 0 fully saturated rings. The van der Waals surface area contributed by atoms with Crippen LogP contribution in [0.25, 0.3) is 0 Å². The number of benzene rings is 1. The fourth-order valence-corrected chi connectivity index (χ4v) is 1.34. The van der Waals surface area contributed by atoms with Crippen molar-refractivity contribution in [2.75, 3.05) is 26.9 Å². The van der Waals surface area contributed by atoms with E-state index in [-0.39, 0.29) is 19.1 Å². The van der Waals surface area contributed by atoms with E-state index in [2.05, 4.69) is 10.8 Å². The molecule has 104 valence electrons. The van der Waals surface area contributed by atoms with Crippen molar-refractivity contribution >= 4 is 11.8 Å². The minimum absolute atomic E-state index is 0.139. The van der Waals surface area contributed by atoms with E-state index in [1.54, 1.807) is 18.2 Å². The highest BCUT2D eigenvalue weighted by molar-refractivity contribution is 5.96. The molecule has 0 heterocycles. The molecule has 6 heteroatoms. The number of aryl methyl sites for hydroxylation is 1. The molecule has 6 nitrogen and oxygen atoms in total. The molecule has 0 unspecified atom stereocenters. The highest BCUT2D eigenvalue weighted by Crippen LogP contribution is 2.03. The minimum Gasteiger partial charge on any atom is -0.382 e. The summed E-state index contributed by atoms with van der Waals surface area (Å²) >= 11 is 0. The van der Waals surface area contributed by atoms with Crippen molar-refractivity contribution in [1.29, 1.82) is 0 Å². The minimum atomic E-state index is -0.419. The highest BCUT2D eigenvalue weighted by atomic mass is 16.7. The summed E-state index contributed by atoms with van der Waals surface area (Å²) in [6.07, 6.45) is 0. The number of methoxy groups -OCH3 is 1. The van der Waals surface area contributed by atoms with E-state index >= 15 is 0 Å². The Bertz CT molecular complexity index is 434. The Kier molecular flexibility index (Phi) is 6.56. The third-order valence-corrected chi connectivity index (χ3v) is 2.27. The SMILES string of the molecule is COCCONC(=O)CNC(=O)c1cccc(C)c1. The fraction of sp³-hybridized carbons (Fsp3) is 0.385. The van der Waals surface area contributed by atoms with Crippen LogP contribution in [0.1, 0.15) is 15.9 Å². The molecule has 1 aromatic rings. The van der Waals surface area contributed by atoms with Crippen molar-refractivity contribution in [2.24, 2.45) is 0 Å². The third-order valence-electron chi connectivity index (χ3n) is 2.27. The van der Waals surface area contributed by atoms with Gasteiger partial charge in [0, 0.05) is 12.7 Å². The standard InChI is InChI=1S/C13H18N2O4/c1-10-4-3-5-11(8-10)13(17)14-9-12(16)15-19-7-6-18-2/h3-5,8H,6-7,9H2,1-2H3,(H,14,17)(H,15,16). The molecule has 0 aliphatic carbocycles.